The topological polar surface area (TPSA) is 60.1 Å². The molecule has 1 aromatic heterocycles. The van der Waals surface area contributed by atoms with E-state index in [1.807, 2.05) is 7.05 Å². The van der Waals surface area contributed by atoms with Crippen LogP contribution in [0.15, 0.2) is 12.3 Å². The zero-order valence-corrected chi connectivity index (χ0v) is 11.3. The molecule has 1 aromatic rings. The molecular formula is C14H23N3O. The number of nitrogens with one attached hydrogen (secondary N) is 1. The van der Waals surface area contributed by atoms with E-state index in [0.717, 1.165) is 13.0 Å². The lowest BCUT2D eigenvalue weighted by Crippen LogP contribution is -2.36. The number of hydrogen-bond acceptors (Lipinski definition) is 2. The highest BCUT2D eigenvalue weighted by atomic mass is 16.1. The third-order valence-electron chi connectivity index (χ3n) is 4.30. The van der Waals surface area contributed by atoms with Gasteiger partial charge < -0.3 is 15.6 Å². The summed E-state index contributed by atoms with van der Waals surface area (Å²) in [6.45, 7) is 3.01. The molecule has 4 heteroatoms. The van der Waals surface area contributed by atoms with Crippen LogP contribution in [0.5, 0.6) is 0 Å². The number of aryl methyl sites for hydroxylation is 1. The monoisotopic (exact) mass is 249 g/mol. The van der Waals surface area contributed by atoms with Crippen molar-refractivity contribution in [2.24, 2.45) is 12.5 Å². The van der Waals surface area contributed by atoms with Crippen LogP contribution in [0.4, 0.5) is 5.69 Å². The number of carbonyl (C=O) groups excluding carboxylic acids is 1. The summed E-state index contributed by atoms with van der Waals surface area (Å²) in [4.78, 5) is 12.1. The third kappa shape index (κ3) is 2.52. The summed E-state index contributed by atoms with van der Waals surface area (Å²) in [5, 5.41) is 3.07. The highest BCUT2D eigenvalue weighted by Crippen LogP contribution is 2.40. The lowest BCUT2D eigenvalue weighted by atomic mass is 9.83. The van der Waals surface area contributed by atoms with E-state index in [1.54, 1.807) is 16.8 Å². The van der Waals surface area contributed by atoms with E-state index in [0.29, 0.717) is 16.8 Å². The standard InChI is InChI=1S/C14H23N3O/c1-3-14(6-4-5-7-14)10-16-13(18)12-8-11(15)9-17(12)2/h8-9H,3-7,10,15H2,1-2H3,(H,16,18). The van der Waals surface area contributed by atoms with Crippen molar-refractivity contribution in [1.82, 2.24) is 9.88 Å². The predicted octanol–water partition coefficient (Wildman–Crippen LogP) is 2.31. The van der Waals surface area contributed by atoms with Crippen LogP contribution in [0.3, 0.4) is 0 Å². The first kappa shape index (κ1) is 13.0. The molecule has 1 fully saturated rings. The Morgan fingerprint density at radius 3 is 2.67 bits per heavy atom. The summed E-state index contributed by atoms with van der Waals surface area (Å²) in [5.41, 5.74) is 7.28. The maximum absolute atomic E-state index is 12.1. The minimum Gasteiger partial charge on any atom is -0.397 e. The molecule has 0 saturated heterocycles. The van der Waals surface area contributed by atoms with Gasteiger partial charge in [0.1, 0.15) is 5.69 Å². The van der Waals surface area contributed by atoms with Crippen molar-refractivity contribution >= 4 is 11.6 Å². The van der Waals surface area contributed by atoms with Gasteiger partial charge in [-0.3, -0.25) is 4.79 Å². The zero-order chi connectivity index (χ0) is 13.2. The van der Waals surface area contributed by atoms with Crippen molar-refractivity contribution in [2.75, 3.05) is 12.3 Å². The fourth-order valence-electron chi connectivity index (χ4n) is 2.95. The number of amides is 1. The van der Waals surface area contributed by atoms with Crippen molar-refractivity contribution in [3.05, 3.63) is 18.0 Å². The van der Waals surface area contributed by atoms with Crippen LogP contribution < -0.4 is 11.1 Å². The molecule has 0 atom stereocenters. The summed E-state index contributed by atoms with van der Waals surface area (Å²) in [6, 6.07) is 1.72. The molecular weight excluding hydrogens is 226 g/mol. The fraction of sp³-hybridized carbons (Fsp3) is 0.643. The van der Waals surface area contributed by atoms with Crippen molar-refractivity contribution in [2.45, 2.75) is 39.0 Å². The number of aromatic nitrogens is 1. The fourth-order valence-corrected chi connectivity index (χ4v) is 2.95. The molecule has 0 aromatic carbocycles. The Morgan fingerprint density at radius 1 is 1.50 bits per heavy atom. The zero-order valence-electron chi connectivity index (χ0n) is 11.3. The van der Waals surface area contributed by atoms with Gasteiger partial charge in [0.25, 0.3) is 5.91 Å². The highest BCUT2D eigenvalue weighted by molar-refractivity contribution is 5.93. The smallest absolute Gasteiger partial charge is 0.267 e. The van der Waals surface area contributed by atoms with Crippen molar-refractivity contribution in [1.29, 1.82) is 0 Å². The number of nitrogen functional groups attached to an aromatic ring is 1. The summed E-state index contributed by atoms with van der Waals surface area (Å²) < 4.78 is 1.78. The Balaban J connectivity index is 1.98. The third-order valence-corrected chi connectivity index (χ3v) is 4.30. The average Bonchev–Trinajstić information content (AvgIpc) is 2.94. The van der Waals surface area contributed by atoms with E-state index in [2.05, 4.69) is 12.2 Å². The predicted molar refractivity (Wildman–Crippen MR) is 73.4 cm³/mol. The summed E-state index contributed by atoms with van der Waals surface area (Å²) >= 11 is 0. The van der Waals surface area contributed by atoms with Crippen LogP contribution in [0.2, 0.25) is 0 Å². The molecule has 4 nitrogen and oxygen atoms in total. The first-order chi connectivity index (χ1) is 8.56. The summed E-state index contributed by atoms with van der Waals surface area (Å²) in [5.74, 6) is -0.0195. The normalized spacial score (nSPS) is 17.9. The van der Waals surface area contributed by atoms with Gasteiger partial charge >= 0.3 is 0 Å². The second-order valence-electron chi connectivity index (χ2n) is 5.51. The van der Waals surface area contributed by atoms with Gasteiger partial charge in [-0.2, -0.15) is 0 Å². The van der Waals surface area contributed by atoms with Crippen LogP contribution in [-0.2, 0) is 7.05 Å². The Labute approximate surface area is 109 Å². The number of carbonyl (C=O) groups is 1. The lowest BCUT2D eigenvalue weighted by Gasteiger charge is -2.27. The van der Waals surface area contributed by atoms with Crippen LogP contribution >= 0.6 is 0 Å². The van der Waals surface area contributed by atoms with E-state index in [1.165, 1.54) is 25.7 Å². The van der Waals surface area contributed by atoms with Gasteiger partial charge in [0.15, 0.2) is 0 Å². The van der Waals surface area contributed by atoms with Gasteiger partial charge in [0.2, 0.25) is 0 Å². The molecule has 1 aliphatic rings. The van der Waals surface area contributed by atoms with Crippen LogP contribution in [-0.4, -0.2) is 17.0 Å². The number of rotatable bonds is 4. The molecule has 0 spiro atoms. The van der Waals surface area contributed by atoms with E-state index in [9.17, 15) is 4.79 Å². The van der Waals surface area contributed by atoms with E-state index in [-0.39, 0.29) is 5.91 Å². The average molecular weight is 249 g/mol. The Hall–Kier alpha value is -1.45. The number of hydrogen-bond donors (Lipinski definition) is 2. The molecule has 0 aliphatic heterocycles. The maximum Gasteiger partial charge on any atom is 0.267 e. The quantitative estimate of drug-likeness (QED) is 0.860. The minimum atomic E-state index is -0.0195. The van der Waals surface area contributed by atoms with E-state index in [4.69, 9.17) is 5.73 Å². The van der Waals surface area contributed by atoms with Crippen molar-refractivity contribution < 1.29 is 4.79 Å². The number of nitrogens with two attached hydrogens (primary N) is 1. The summed E-state index contributed by atoms with van der Waals surface area (Å²) in [6.07, 6.45) is 7.96. The van der Waals surface area contributed by atoms with Gasteiger partial charge in [0.05, 0.1) is 5.69 Å². The maximum atomic E-state index is 12.1. The van der Waals surface area contributed by atoms with E-state index >= 15 is 0 Å². The second kappa shape index (κ2) is 5.04. The number of anilines is 1. The van der Waals surface area contributed by atoms with Crippen LogP contribution in [0, 0.1) is 5.41 Å². The molecule has 2 rings (SSSR count). The van der Waals surface area contributed by atoms with Gasteiger partial charge in [-0.05, 0) is 30.7 Å². The van der Waals surface area contributed by atoms with Gasteiger partial charge in [0, 0.05) is 19.8 Å². The first-order valence-electron chi connectivity index (χ1n) is 6.76. The minimum absolute atomic E-state index is 0.0195. The lowest BCUT2D eigenvalue weighted by molar-refractivity contribution is 0.0920. The van der Waals surface area contributed by atoms with Crippen molar-refractivity contribution in [3.8, 4) is 0 Å². The Kier molecular flexibility index (Phi) is 3.64. The molecule has 1 heterocycles. The molecule has 18 heavy (non-hydrogen) atoms. The van der Waals surface area contributed by atoms with Gasteiger partial charge in [-0.25, -0.2) is 0 Å². The van der Waals surface area contributed by atoms with Gasteiger partial charge in [-0.15, -0.1) is 0 Å². The van der Waals surface area contributed by atoms with E-state index < -0.39 is 0 Å². The molecule has 100 valence electrons. The van der Waals surface area contributed by atoms with Crippen LogP contribution in [0.1, 0.15) is 49.5 Å². The summed E-state index contributed by atoms with van der Waals surface area (Å²) in [7, 11) is 1.84. The SMILES string of the molecule is CCC1(CNC(=O)c2cc(N)cn2C)CCCC1. The highest BCUT2D eigenvalue weighted by Gasteiger charge is 2.32. The molecule has 1 aliphatic carbocycles. The molecule has 0 radical (unpaired) electrons. The Bertz CT molecular complexity index is 430. The molecule has 0 unspecified atom stereocenters. The second-order valence-corrected chi connectivity index (χ2v) is 5.51. The van der Waals surface area contributed by atoms with Crippen molar-refractivity contribution in [3.63, 3.8) is 0 Å². The molecule has 1 amide bonds. The Morgan fingerprint density at radius 2 is 2.17 bits per heavy atom. The first-order valence-corrected chi connectivity index (χ1v) is 6.76. The largest absolute Gasteiger partial charge is 0.397 e. The molecule has 3 N–H and O–H groups in total. The number of nitrogens with zero attached hydrogens (tertiary/aromatic N) is 1. The molecule has 0 bridgehead atoms. The van der Waals surface area contributed by atoms with Crippen LogP contribution in [0.25, 0.3) is 0 Å². The van der Waals surface area contributed by atoms with Gasteiger partial charge in [-0.1, -0.05) is 19.8 Å². The molecule has 1 saturated carbocycles.